The zero-order chi connectivity index (χ0) is 20.1. The minimum atomic E-state index is 0. The molecule has 0 aromatic heterocycles. The first kappa shape index (κ1) is 26.7. The molecule has 2 aromatic rings. The number of phenolic OH excluding ortho intramolecular Hbond substituents is 3. The van der Waals surface area contributed by atoms with Gasteiger partial charge in [-0.3, -0.25) is 4.90 Å². The third-order valence-corrected chi connectivity index (χ3v) is 4.00. The summed E-state index contributed by atoms with van der Waals surface area (Å²) < 4.78 is 0. The SMILES string of the molecule is Cl.ClCCN(CCCl)CCCl.Oc1ccc(C=Cc2cc(O)cc(O)c2)cc1. The maximum absolute atomic E-state index is 9.30. The summed E-state index contributed by atoms with van der Waals surface area (Å²) in [4.78, 5) is 2.15. The van der Waals surface area contributed by atoms with Crippen LogP contribution in [-0.2, 0) is 0 Å². The fraction of sp³-hybridized carbons (Fsp3) is 0.300. The molecule has 8 heteroatoms. The van der Waals surface area contributed by atoms with Crippen LogP contribution in [0.5, 0.6) is 17.2 Å². The van der Waals surface area contributed by atoms with Crippen molar-refractivity contribution in [2.45, 2.75) is 0 Å². The minimum absolute atomic E-state index is 0. The summed E-state index contributed by atoms with van der Waals surface area (Å²) in [5.41, 5.74) is 1.63. The zero-order valence-electron chi connectivity index (χ0n) is 15.3. The molecule has 0 radical (unpaired) electrons. The predicted octanol–water partition coefficient (Wildman–Crippen LogP) is 5.40. The molecule has 0 atom stereocenters. The van der Waals surface area contributed by atoms with Crippen molar-refractivity contribution >= 4 is 59.4 Å². The minimum Gasteiger partial charge on any atom is -0.508 e. The van der Waals surface area contributed by atoms with Gasteiger partial charge in [-0.25, -0.2) is 0 Å². The van der Waals surface area contributed by atoms with E-state index in [0.717, 1.165) is 25.2 Å². The first-order valence-corrected chi connectivity index (χ1v) is 9.99. The molecule has 0 spiro atoms. The van der Waals surface area contributed by atoms with Gasteiger partial charge in [0, 0.05) is 43.3 Å². The molecule has 0 unspecified atom stereocenters. The molecule has 4 nitrogen and oxygen atoms in total. The summed E-state index contributed by atoms with van der Waals surface area (Å²) in [5, 5.41) is 27.7. The molecule has 2 rings (SSSR count). The van der Waals surface area contributed by atoms with Crippen molar-refractivity contribution in [1.82, 2.24) is 4.90 Å². The highest BCUT2D eigenvalue weighted by Gasteiger charge is 2.00. The average molecular weight is 469 g/mol. The van der Waals surface area contributed by atoms with Crippen LogP contribution in [0.1, 0.15) is 11.1 Å². The van der Waals surface area contributed by atoms with Gasteiger partial charge in [0.25, 0.3) is 0 Å². The number of hydrogen-bond donors (Lipinski definition) is 3. The Morgan fingerprint density at radius 1 is 0.643 bits per heavy atom. The zero-order valence-corrected chi connectivity index (χ0v) is 18.4. The Morgan fingerprint density at radius 2 is 1.07 bits per heavy atom. The first-order valence-electron chi connectivity index (χ1n) is 8.39. The lowest BCUT2D eigenvalue weighted by Crippen LogP contribution is -2.29. The first-order chi connectivity index (χ1) is 13.0. The summed E-state index contributed by atoms with van der Waals surface area (Å²) in [6, 6.07) is 11.1. The standard InChI is InChI=1S/C14H12O3.C6H12Cl3N.ClH/c15-12-5-3-10(4-6-12)1-2-11-7-13(16)9-14(17)8-11;7-1-4-10(5-2-8)6-3-9;/h1-9,15-17H;1-6H2;1H. The van der Waals surface area contributed by atoms with Gasteiger partial charge < -0.3 is 15.3 Å². The summed E-state index contributed by atoms with van der Waals surface area (Å²) in [6.45, 7) is 2.63. The van der Waals surface area contributed by atoms with Crippen molar-refractivity contribution in [3.05, 3.63) is 53.6 Å². The van der Waals surface area contributed by atoms with Crippen LogP contribution in [0.3, 0.4) is 0 Å². The largest absolute Gasteiger partial charge is 0.508 e. The number of aromatic hydroxyl groups is 3. The van der Waals surface area contributed by atoms with E-state index in [-0.39, 0.29) is 29.7 Å². The molecule has 0 saturated carbocycles. The van der Waals surface area contributed by atoms with Crippen molar-refractivity contribution in [2.24, 2.45) is 0 Å². The Hall–Kier alpha value is -1.30. The number of nitrogens with zero attached hydrogens (tertiary/aromatic N) is 1. The van der Waals surface area contributed by atoms with Crippen LogP contribution in [0.2, 0.25) is 0 Å². The number of rotatable bonds is 8. The molecule has 0 amide bonds. The topological polar surface area (TPSA) is 63.9 Å². The van der Waals surface area contributed by atoms with E-state index in [0.29, 0.717) is 23.2 Å². The fourth-order valence-electron chi connectivity index (χ4n) is 2.19. The lowest BCUT2D eigenvalue weighted by atomic mass is 10.1. The van der Waals surface area contributed by atoms with E-state index in [1.54, 1.807) is 42.5 Å². The van der Waals surface area contributed by atoms with Crippen molar-refractivity contribution in [2.75, 3.05) is 37.3 Å². The summed E-state index contributed by atoms with van der Waals surface area (Å²) in [7, 11) is 0. The van der Waals surface area contributed by atoms with Crippen LogP contribution >= 0.6 is 47.2 Å². The molecule has 0 bridgehead atoms. The number of benzene rings is 2. The second-order valence-electron chi connectivity index (χ2n) is 5.62. The predicted molar refractivity (Wildman–Crippen MR) is 123 cm³/mol. The van der Waals surface area contributed by atoms with Crippen molar-refractivity contribution in [1.29, 1.82) is 0 Å². The molecule has 2 aromatic carbocycles. The van der Waals surface area contributed by atoms with E-state index in [9.17, 15) is 10.2 Å². The molecule has 0 aliphatic heterocycles. The van der Waals surface area contributed by atoms with Gasteiger partial charge in [0.1, 0.15) is 17.2 Å². The highest BCUT2D eigenvalue weighted by Crippen LogP contribution is 2.22. The Labute approximate surface area is 187 Å². The number of hydrogen-bond acceptors (Lipinski definition) is 4. The summed E-state index contributed by atoms with van der Waals surface area (Å²) in [6.07, 6.45) is 3.60. The lowest BCUT2D eigenvalue weighted by Gasteiger charge is -2.17. The van der Waals surface area contributed by atoms with E-state index in [1.165, 1.54) is 6.07 Å². The molecule has 0 fully saturated rings. The molecule has 3 N–H and O–H groups in total. The lowest BCUT2D eigenvalue weighted by molar-refractivity contribution is 0.327. The van der Waals surface area contributed by atoms with Gasteiger partial charge in [-0.05, 0) is 35.4 Å². The number of alkyl halides is 3. The van der Waals surface area contributed by atoms with Crippen molar-refractivity contribution in [3.8, 4) is 17.2 Å². The molecule has 0 aliphatic carbocycles. The van der Waals surface area contributed by atoms with Crippen molar-refractivity contribution < 1.29 is 15.3 Å². The van der Waals surface area contributed by atoms with Crippen molar-refractivity contribution in [3.63, 3.8) is 0 Å². The highest BCUT2D eigenvalue weighted by molar-refractivity contribution is 6.18. The van der Waals surface area contributed by atoms with Crippen LogP contribution in [0.15, 0.2) is 42.5 Å². The maximum atomic E-state index is 9.30. The summed E-state index contributed by atoms with van der Waals surface area (Å²) in [5.74, 6) is 2.21. The molecular weight excluding hydrogens is 444 g/mol. The van der Waals surface area contributed by atoms with Gasteiger partial charge >= 0.3 is 0 Å². The second-order valence-corrected chi connectivity index (χ2v) is 6.75. The normalized spacial score (nSPS) is 10.4. The summed E-state index contributed by atoms with van der Waals surface area (Å²) >= 11 is 16.6. The maximum Gasteiger partial charge on any atom is 0.119 e. The third kappa shape index (κ3) is 11.5. The van der Waals surface area contributed by atoms with Gasteiger partial charge in [0.15, 0.2) is 0 Å². The number of halogens is 4. The van der Waals surface area contributed by atoms with E-state index < -0.39 is 0 Å². The van der Waals surface area contributed by atoms with Gasteiger partial charge in [-0.15, -0.1) is 47.2 Å². The van der Waals surface area contributed by atoms with Gasteiger partial charge in [-0.2, -0.15) is 0 Å². The fourth-order valence-corrected chi connectivity index (χ4v) is 2.90. The van der Waals surface area contributed by atoms with Crippen LogP contribution in [0.25, 0.3) is 12.2 Å². The molecule has 0 saturated heterocycles. The van der Waals surface area contributed by atoms with Crippen LogP contribution < -0.4 is 0 Å². The Balaban J connectivity index is 0.000000577. The van der Waals surface area contributed by atoms with Gasteiger partial charge in [0.2, 0.25) is 0 Å². The number of phenols is 3. The van der Waals surface area contributed by atoms with Gasteiger partial charge in [-0.1, -0.05) is 24.3 Å². The molecule has 0 aliphatic rings. The Bertz CT molecular complexity index is 662. The smallest absolute Gasteiger partial charge is 0.119 e. The van der Waals surface area contributed by atoms with E-state index >= 15 is 0 Å². The molecular formula is C20H25Cl4NO3. The van der Waals surface area contributed by atoms with E-state index in [1.807, 2.05) is 6.08 Å². The Morgan fingerprint density at radius 3 is 1.50 bits per heavy atom. The third-order valence-electron chi connectivity index (χ3n) is 3.49. The quantitative estimate of drug-likeness (QED) is 0.358. The van der Waals surface area contributed by atoms with Gasteiger partial charge in [0.05, 0.1) is 0 Å². The van der Waals surface area contributed by atoms with Crippen LogP contribution in [0.4, 0.5) is 0 Å². The van der Waals surface area contributed by atoms with E-state index in [4.69, 9.17) is 39.9 Å². The average Bonchev–Trinajstić information content (AvgIpc) is 2.62. The molecule has 0 heterocycles. The van der Waals surface area contributed by atoms with E-state index in [2.05, 4.69) is 4.90 Å². The monoisotopic (exact) mass is 467 g/mol. The molecule has 28 heavy (non-hydrogen) atoms. The van der Waals surface area contributed by atoms with Crippen LogP contribution in [-0.4, -0.2) is 57.5 Å². The Kier molecular flexibility index (Phi) is 14.9. The molecule has 156 valence electrons. The van der Waals surface area contributed by atoms with Crippen LogP contribution in [0, 0.1) is 0 Å². The second kappa shape index (κ2) is 15.6. The highest BCUT2D eigenvalue weighted by atomic mass is 35.5.